The lowest BCUT2D eigenvalue weighted by molar-refractivity contribution is 0.102. The van der Waals surface area contributed by atoms with Crippen LogP contribution in [-0.4, -0.2) is 40.1 Å². The number of urea groups is 1. The monoisotopic (exact) mass is 455 g/mol. The summed E-state index contributed by atoms with van der Waals surface area (Å²) in [7, 11) is 0. The summed E-state index contributed by atoms with van der Waals surface area (Å²) < 4.78 is 0. The van der Waals surface area contributed by atoms with Crippen LogP contribution in [0.25, 0.3) is 0 Å². The number of halogens is 1. The summed E-state index contributed by atoms with van der Waals surface area (Å²) in [5.74, 6) is -0.231. The molecule has 7 nitrogen and oxygen atoms in total. The molecule has 0 aliphatic carbocycles. The molecule has 0 radical (unpaired) electrons. The summed E-state index contributed by atoms with van der Waals surface area (Å²) in [5, 5.41) is 15.7. The number of benzene rings is 2. The van der Waals surface area contributed by atoms with Crippen molar-refractivity contribution in [1.82, 2.24) is 15.1 Å². The van der Waals surface area contributed by atoms with Crippen LogP contribution < -0.4 is 10.6 Å². The predicted molar refractivity (Wildman–Crippen MR) is 123 cm³/mol. The average molecular weight is 456 g/mol. The fourth-order valence-electron chi connectivity index (χ4n) is 3.50. The number of rotatable bonds is 4. The Balaban J connectivity index is 1.40. The number of aromatic nitrogens is 2. The zero-order valence-corrected chi connectivity index (χ0v) is 18.5. The van der Waals surface area contributed by atoms with Crippen molar-refractivity contribution in [3.05, 3.63) is 69.1 Å². The molecule has 4 rings (SSSR count). The van der Waals surface area contributed by atoms with Crippen LogP contribution in [0.2, 0.25) is 5.02 Å². The van der Waals surface area contributed by atoms with E-state index >= 15 is 0 Å². The molecule has 9 heteroatoms. The normalized spacial score (nSPS) is 16.1. The van der Waals surface area contributed by atoms with Crippen molar-refractivity contribution in [3.63, 3.8) is 0 Å². The van der Waals surface area contributed by atoms with Gasteiger partial charge in [0.15, 0.2) is 0 Å². The number of hydrogen-bond acceptors (Lipinski definition) is 5. The Hall–Kier alpha value is -2.97. The quantitative estimate of drug-likeness (QED) is 0.568. The number of piperidine rings is 1. The van der Waals surface area contributed by atoms with E-state index < -0.39 is 0 Å². The number of carbonyl (C=O) groups is 2. The molecule has 2 N–H and O–H groups in total. The van der Waals surface area contributed by atoms with E-state index in [4.69, 9.17) is 11.6 Å². The second-order valence-corrected chi connectivity index (χ2v) is 8.83. The van der Waals surface area contributed by atoms with Gasteiger partial charge in [-0.25, -0.2) is 4.79 Å². The highest BCUT2D eigenvalue weighted by atomic mass is 35.5. The van der Waals surface area contributed by atoms with Gasteiger partial charge in [0.25, 0.3) is 5.91 Å². The van der Waals surface area contributed by atoms with Gasteiger partial charge < -0.3 is 15.5 Å². The summed E-state index contributed by atoms with van der Waals surface area (Å²) in [4.78, 5) is 27.0. The van der Waals surface area contributed by atoms with Gasteiger partial charge in [-0.05, 0) is 43.5 Å². The lowest BCUT2D eigenvalue weighted by Crippen LogP contribution is -2.41. The first-order valence-electron chi connectivity index (χ1n) is 10.0. The van der Waals surface area contributed by atoms with Gasteiger partial charge in [0.2, 0.25) is 5.01 Å². The first-order chi connectivity index (χ1) is 15.0. The summed E-state index contributed by atoms with van der Waals surface area (Å²) in [6, 6.07) is 14.5. The van der Waals surface area contributed by atoms with Crippen molar-refractivity contribution in [2.24, 2.45) is 0 Å². The van der Waals surface area contributed by atoms with Gasteiger partial charge >= 0.3 is 6.03 Å². The van der Waals surface area contributed by atoms with Crippen molar-refractivity contribution in [1.29, 1.82) is 0 Å². The number of para-hydroxylation sites is 2. The standard InChI is InChI=1S/C22H22ClN5O2S/c1-14-7-2-4-10-17(14)24-19(29)21-27-26-20(31-21)15-8-6-12-28(13-15)22(30)25-18-11-5-3-9-16(18)23/h2-5,7,9-11,15H,6,8,12-13H2,1H3,(H,24,29)(H,25,30)/t15-/m0/s1. The SMILES string of the molecule is Cc1ccccc1NC(=O)c1nnc([C@H]2CCCN(C(=O)Nc3ccccc3Cl)C2)s1. The molecule has 2 heterocycles. The average Bonchev–Trinajstić information content (AvgIpc) is 3.28. The van der Waals surface area contributed by atoms with E-state index in [9.17, 15) is 9.59 Å². The van der Waals surface area contributed by atoms with Gasteiger partial charge in [0.05, 0.1) is 10.7 Å². The zero-order valence-electron chi connectivity index (χ0n) is 17.0. The van der Waals surface area contributed by atoms with Crippen molar-refractivity contribution >= 4 is 46.3 Å². The van der Waals surface area contributed by atoms with E-state index in [1.165, 1.54) is 11.3 Å². The number of anilines is 2. The maximum absolute atomic E-state index is 12.7. The van der Waals surface area contributed by atoms with Crippen molar-refractivity contribution in [2.45, 2.75) is 25.7 Å². The highest BCUT2D eigenvalue weighted by molar-refractivity contribution is 7.13. The van der Waals surface area contributed by atoms with E-state index in [2.05, 4.69) is 20.8 Å². The molecule has 0 saturated carbocycles. The van der Waals surface area contributed by atoms with Gasteiger partial charge in [0, 0.05) is 24.7 Å². The van der Waals surface area contributed by atoms with Crippen molar-refractivity contribution in [2.75, 3.05) is 23.7 Å². The number of hydrogen-bond donors (Lipinski definition) is 2. The molecule has 1 atom stereocenters. The minimum absolute atomic E-state index is 0.0447. The summed E-state index contributed by atoms with van der Waals surface area (Å²) >= 11 is 7.42. The van der Waals surface area contributed by atoms with Crippen LogP contribution in [0.1, 0.15) is 39.1 Å². The van der Waals surface area contributed by atoms with Gasteiger partial charge in [-0.15, -0.1) is 10.2 Å². The molecule has 1 aliphatic rings. The number of likely N-dealkylation sites (tertiary alicyclic amines) is 1. The van der Waals surface area contributed by atoms with E-state index in [1.807, 2.05) is 43.3 Å². The van der Waals surface area contributed by atoms with Crippen LogP contribution in [0.4, 0.5) is 16.2 Å². The summed E-state index contributed by atoms with van der Waals surface area (Å²) in [6.45, 7) is 3.11. The number of nitrogens with one attached hydrogen (secondary N) is 2. The predicted octanol–water partition coefficient (Wildman–Crippen LogP) is 5.16. The molecule has 2 aromatic carbocycles. The van der Waals surface area contributed by atoms with E-state index in [0.29, 0.717) is 28.8 Å². The highest BCUT2D eigenvalue weighted by Crippen LogP contribution is 2.30. The lowest BCUT2D eigenvalue weighted by atomic mass is 9.99. The van der Waals surface area contributed by atoms with Crippen LogP contribution >= 0.6 is 22.9 Å². The molecular formula is C22H22ClN5O2S. The largest absolute Gasteiger partial charge is 0.324 e. The number of nitrogens with zero attached hydrogens (tertiary/aromatic N) is 3. The van der Waals surface area contributed by atoms with Gasteiger partial charge in [-0.1, -0.05) is 53.3 Å². The zero-order chi connectivity index (χ0) is 21.8. The Bertz CT molecular complexity index is 1100. The third-order valence-electron chi connectivity index (χ3n) is 5.20. The van der Waals surface area contributed by atoms with Gasteiger partial charge in [-0.2, -0.15) is 0 Å². The molecule has 31 heavy (non-hydrogen) atoms. The molecule has 3 amide bonds. The maximum atomic E-state index is 12.7. The van der Waals surface area contributed by atoms with Crippen LogP contribution in [0.15, 0.2) is 48.5 Å². The van der Waals surface area contributed by atoms with E-state index in [0.717, 1.165) is 29.1 Å². The fraction of sp³-hybridized carbons (Fsp3) is 0.273. The second kappa shape index (κ2) is 9.45. The molecule has 160 valence electrons. The summed E-state index contributed by atoms with van der Waals surface area (Å²) in [5.41, 5.74) is 2.32. The minimum Gasteiger partial charge on any atom is -0.324 e. The third-order valence-corrected chi connectivity index (χ3v) is 6.62. The highest BCUT2D eigenvalue weighted by Gasteiger charge is 2.28. The Morgan fingerprint density at radius 1 is 1.06 bits per heavy atom. The number of amides is 3. The Kier molecular flexibility index (Phi) is 6.48. The van der Waals surface area contributed by atoms with E-state index in [-0.39, 0.29) is 17.9 Å². The minimum atomic E-state index is -0.276. The van der Waals surface area contributed by atoms with Crippen molar-refractivity contribution < 1.29 is 9.59 Å². The van der Waals surface area contributed by atoms with Crippen LogP contribution in [0.3, 0.4) is 0 Å². The lowest BCUT2D eigenvalue weighted by Gasteiger charge is -2.31. The van der Waals surface area contributed by atoms with Crippen molar-refractivity contribution in [3.8, 4) is 0 Å². The van der Waals surface area contributed by atoms with Crippen LogP contribution in [-0.2, 0) is 0 Å². The maximum Gasteiger partial charge on any atom is 0.321 e. The van der Waals surface area contributed by atoms with Gasteiger partial charge in [0.1, 0.15) is 5.01 Å². The van der Waals surface area contributed by atoms with Crippen LogP contribution in [0.5, 0.6) is 0 Å². The van der Waals surface area contributed by atoms with E-state index in [1.54, 1.807) is 17.0 Å². The Labute approximate surface area is 189 Å². The third kappa shape index (κ3) is 5.03. The topological polar surface area (TPSA) is 87.2 Å². The summed E-state index contributed by atoms with van der Waals surface area (Å²) in [6.07, 6.45) is 1.74. The second-order valence-electron chi connectivity index (χ2n) is 7.41. The molecule has 0 bridgehead atoms. The number of aryl methyl sites for hydroxylation is 1. The first kappa shape index (κ1) is 21.3. The van der Waals surface area contributed by atoms with Crippen LogP contribution in [0, 0.1) is 6.92 Å². The molecule has 3 aromatic rings. The van der Waals surface area contributed by atoms with Gasteiger partial charge in [-0.3, -0.25) is 4.79 Å². The number of carbonyl (C=O) groups excluding carboxylic acids is 2. The molecule has 1 fully saturated rings. The fourth-order valence-corrected chi connectivity index (χ4v) is 4.55. The Morgan fingerprint density at radius 3 is 2.58 bits per heavy atom. The Morgan fingerprint density at radius 2 is 1.81 bits per heavy atom. The molecule has 1 aliphatic heterocycles. The molecular weight excluding hydrogens is 434 g/mol. The first-order valence-corrected chi connectivity index (χ1v) is 11.2. The molecule has 0 spiro atoms. The molecule has 1 saturated heterocycles. The molecule has 0 unspecified atom stereocenters. The molecule has 1 aromatic heterocycles. The smallest absolute Gasteiger partial charge is 0.321 e.